The van der Waals surface area contributed by atoms with Crippen molar-refractivity contribution in [3.05, 3.63) is 58.0 Å². The molecule has 1 heterocycles. The van der Waals surface area contributed by atoms with Crippen molar-refractivity contribution in [2.75, 3.05) is 0 Å². The summed E-state index contributed by atoms with van der Waals surface area (Å²) in [7, 11) is 0. The van der Waals surface area contributed by atoms with Gasteiger partial charge in [0.25, 0.3) is 0 Å². The number of aliphatic hydroxyl groups excluding tert-OH is 1. The molecule has 1 N–H and O–H groups in total. The van der Waals surface area contributed by atoms with Gasteiger partial charge >= 0.3 is 0 Å². The van der Waals surface area contributed by atoms with E-state index in [1.807, 2.05) is 26.0 Å². The summed E-state index contributed by atoms with van der Waals surface area (Å²) >= 11 is 5.84. The Kier molecular flexibility index (Phi) is 3.03. The molecule has 1 aromatic heterocycles. The number of aryl methyl sites for hydroxylation is 2. The first-order chi connectivity index (χ1) is 7.58. The summed E-state index contributed by atoms with van der Waals surface area (Å²) < 4.78 is 4.97. The lowest BCUT2D eigenvalue weighted by Crippen LogP contribution is -1.99. The molecular formula is C13H13ClO2. The van der Waals surface area contributed by atoms with Gasteiger partial charge in [0.05, 0.1) is 6.26 Å². The second-order valence-corrected chi connectivity index (χ2v) is 4.32. The first kappa shape index (κ1) is 11.2. The summed E-state index contributed by atoms with van der Waals surface area (Å²) in [6.07, 6.45) is 0.744. The molecule has 1 unspecified atom stereocenters. The van der Waals surface area contributed by atoms with Gasteiger partial charge in [-0.15, -0.1) is 0 Å². The van der Waals surface area contributed by atoms with Crippen molar-refractivity contribution in [1.29, 1.82) is 0 Å². The number of rotatable bonds is 2. The molecule has 0 aliphatic rings. The summed E-state index contributed by atoms with van der Waals surface area (Å²) in [5, 5.41) is 10.4. The minimum Gasteiger partial charge on any atom is -0.453 e. The van der Waals surface area contributed by atoms with Gasteiger partial charge < -0.3 is 9.52 Å². The minimum absolute atomic E-state index is 0.242. The van der Waals surface area contributed by atoms with Crippen molar-refractivity contribution in [3.63, 3.8) is 0 Å². The summed E-state index contributed by atoms with van der Waals surface area (Å²) in [4.78, 5) is 0. The summed E-state index contributed by atoms with van der Waals surface area (Å²) in [6, 6.07) is 7.64. The molecule has 84 valence electrons. The Bertz CT molecular complexity index is 482. The quantitative estimate of drug-likeness (QED) is 0.864. The van der Waals surface area contributed by atoms with Crippen LogP contribution in [0, 0.1) is 13.8 Å². The third kappa shape index (κ3) is 2.13. The molecule has 0 aliphatic carbocycles. The fourth-order valence-corrected chi connectivity index (χ4v) is 2.06. The van der Waals surface area contributed by atoms with Gasteiger partial charge in [0, 0.05) is 5.56 Å². The van der Waals surface area contributed by atoms with Gasteiger partial charge in [-0.1, -0.05) is 29.3 Å². The molecule has 2 nitrogen and oxygen atoms in total. The average molecular weight is 237 g/mol. The third-order valence-electron chi connectivity index (χ3n) is 2.50. The van der Waals surface area contributed by atoms with E-state index in [9.17, 15) is 5.11 Å². The highest BCUT2D eigenvalue weighted by atomic mass is 35.5. The smallest absolute Gasteiger partial charge is 0.199 e. The van der Waals surface area contributed by atoms with Gasteiger partial charge in [0.15, 0.2) is 5.22 Å². The molecule has 2 aromatic rings. The molecule has 0 fully saturated rings. The molecule has 0 radical (unpaired) electrons. The van der Waals surface area contributed by atoms with E-state index in [0.29, 0.717) is 5.56 Å². The maximum absolute atomic E-state index is 10.2. The monoisotopic (exact) mass is 236 g/mol. The Morgan fingerprint density at radius 1 is 1.19 bits per heavy atom. The highest BCUT2D eigenvalue weighted by molar-refractivity contribution is 6.29. The number of benzene rings is 1. The van der Waals surface area contributed by atoms with Gasteiger partial charge in [0.2, 0.25) is 0 Å². The average Bonchev–Trinajstić information content (AvgIpc) is 2.62. The van der Waals surface area contributed by atoms with Crippen LogP contribution in [0.5, 0.6) is 0 Å². The molecule has 0 aliphatic heterocycles. The Hall–Kier alpha value is -1.25. The topological polar surface area (TPSA) is 33.4 Å². The molecule has 0 bridgehead atoms. The predicted octanol–water partition coefficient (Wildman–Crippen LogP) is 3.63. The lowest BCUT2D eigenvalue weighted by atomic mass is 10.00. The number of hydrogen-bond donors (Lipinski definition) is 1. The first-order valence-corrected chi connectivity index (χ1v) is 5.45. The fourth-order valence-electron chi connectivity index (χ4n) is 1.85. The van der Waals surface area contributed by atoms with Gasteiger partial charge in [-0.2, -0.15) is 0 Å². The van der Waals surface area contributed by atoms with E-state index >= 15 is 0 Å². The predicted molar refractivity (Wildman–Crippen MR) is 63.7 cm³/mol. The third-order valence-corrected chi connectivity index (χ3v) is 2.81. The first-order valence-electron chi connectivity index (χ1n) is 5.07. The molecule has 0 spiro atoms. The largest absolute Gasteiger partial charge is 0.453 e. The molecule has 1 atom stereocenters. The van der Waals surface area contributed by atoms with Crippen LogP contribution in [0.15, 0.2) is 34.9 Å². The van der Waals surface area contributed by atoms with Crippen LogP contribution in [-0.2, 0) is 0 Å². The molecule has 16 heavy (non-hydrogen) atoms. The summed E-state index contributed by atoms with van der Waals surface area (Å²) in [6.45, 7) is 4.00. The maximum atomic E-state index is 10.2. The number of halogens is 1. The summed E-state index contributed by atoms with van der Waals surface area (Å²) in [5.74, 6) is 0. The highest BCUT2D eigenvalue weighted by Gasteiger charge is 2.16. The van der Waals surface area contributed by atoms with Crippen LogP contribution < -0.4 is 0 Å². The molecule has 2 rings (SSSR count). The lowest BCUT2D eigenvalue weighted by molar-refractivity contribution is 0.219. The normalized spacial score (nSPS) is 12.8. The highest BCUT2D eigenvalue weighted by Crippen LogP contribution is 2.29. The molecular weight excluding hydrogens is 224 g/mol. The van der Waals surface area contributed by atoms with E-state index in [0.717, 1.165) is 16.7 Å². The zero-order chi connectivity index (χ0) is 11.7. The van der Waals surface area contributed by atoms with Crippen molar-refractivity contribution >= 4 is 11.6 Å². The van der Waals surface area contributed by atoms with Gasteiger partial charge in [-0.3, -0.25) is 0 Å². The van der Waals surface area contributed by atoms with Crippen LogP contribution in [0.3, 0.4) is 0 Å². The van der Waals surface area contributed by atoms with Crippen LogP contribution in [0.4, 0.5) is 0 Å². The number of furan rings is 1. The van der Waals surface area contributed by atoms with Crippen molar-refractivity contribution in [2.24, 2.45) is 0 Å². The number of hydrogen-bond acceptors (Lipinski definition) is 2. The van der Waals surface area contributed by atoms with Crippen LogP contribution in [0.1, 0.15) is 28.4 Å². The molecule has 0 saturated carbocycles. The van der Waals surface area contributed by atoms with E-state index in [-0.39, 0.29) is 5.22 Å². The van der Waals surface area contributed by atoms with Crippen molar-refractivity contribution in [3.8, 4) is 0 Å². The van der Waals surface area contributed by atoms with Gasteiger partial charge in [-0.25, -0.2) is 0 Å². The number of aliphatic hydroxyl groups is 1. The SMILES string of the molecule is Cc1cc(C)cc(C(O)c2ccoc2Cl)c1. The van der Waals surface area contributed by atoms with Gasteiger partial charge in [0.1, 0.15) is 6.10 Å². The van der Waals surface area contributed by atoms with Crippen molar-refractivity contribution in [2.45, 2.75) is 20.0 Å². The van der Waals surface area contributed by atoms with E-state index in [1.54, 1.807) is 6.07 Å². The van der Waals surface area contributed by atoms with Crippen LogP contribution in [0.25, 0.3) is 0 Å². The Balaban J connectivity index is 2.41. The van der Waals surface area contributed by atoms with Gasteiger partial charge in [-0.05, 0) is 37.1 Å². The van der Waals surface area contributed by atoms with E-state index in [1.165, 1.54) is 6.26 Å². The Morgan fingerprint density at radius 2 is 1.81 bits per heavy atom. The second-order valence-electron chi connectivity index (χ2n) is 3.97. The van der Waals surface area contributed by atoms with Crippen molar-refractivity contribution < 1.29 is 9.52 Å². The zero-order valence-electron chi connectivity index (χ0n) is 9.20. The molecule has 3 heteroatoms. The Morgan fingerprint density at radius 3 is 2.31 bits per heavy atom. The maximum Gasteiger partial charge on any atom is 0.199 e. The van der Waals surface area contributed by atoms with Crippen LogP contribution in [0.2, 0.25) is 5.22 Å². The van der Waals surface area contributed by atoms with E-state index in [4.69, 9.17) is 16.0 Å². The van der Waals surface area contributed by atoms with Crippen molar-refractivity contribution in [1.82, 2.24) is 0 Å². The van der Waals surface area contributed by atoms with E-state index < -0.39 is 6.10 Å². The second kappa shape index (κ2) is 4.32. The van der Waals surface area contributed by atoms with Crippen LogP contribution in [-0.4, -0.2) is 5.11 Å². The van der Waals surface area contributed by atoms with E-state index in [2.05, 4.69) is 6.07 Å². The lowest BCUT2D eigenvalue weighted by Gasteiger charge is -2.11. The molecule has 0 saturated heterocycles. The summed E-state index contributed by atoms with van der Waals surface area (Å²) in [5.41, 5.74) is 3.68. The zero-order valence-corrected chi connectivity index (χ0v) is 9.95. The molecule has 0 amide bonds. The minimum atomic E-state index is -0.732. The standard InChI is InChI=1S/C13H13ClO2/c1-8-5-9(2)7-10(6-8)12(15)11-3-4-16-13(11)14/h3-7,12,15H,1-2H3. The van der Waals surface area contributed by atoms with Crippen LogP contribution >= 0.6 is 11.6 Å². The molecule has 1 aromatic carbocycles. The fraction of sp³-hybridized carbons (Fsp3) is 0.231. The Labute approximate surface area is 99.5 Å².